The Balaban J connectivity index is 3.16. The van der Waals surface area contributed by atoms with E-state index in [1.165, 1.54) is 0 Å². The van der Waals surface area contributed by atoms with Gasteiger partial charge in [-0.3, -0.25) is 0 Å². The zero-order valence-corrected chi connectivity index (χ0v) is 15.3. The van der Waals surface area contributed by atoms with Crippen molar-refractivity contribution < 1.29 is 9.53 Å². The van der Waals surface area contributed by atoms with Gasteiger partial charge >= 0.3 is 5.97 Å². The SMILES string of the molecule is C=CC(=O)OCc1c(Br)c(Br)c(Cl)c(Br)c1Br. The minimum Gasteiger partial charge on any atom is -0.458 e. The van der Waals surface area contributed by atoms with E-state index in [0.717, 1.165) is 20.6 Å². The van der Waals surface area contributed by atoms with Crippen molar-refractivity contribution in [2.75, 3.05) is 0 Å². The van der Waals surface area contributed by atoms with Crippen molar-refractivity contribution in [2.24, 2.45) is 0 Å². The lowest BCUT2D eigenvalue weighted by atomic mass is 10.2. The molecule has 0 radical (unpaired) electrons. The normalized spacial score (nSPS) is 10.2. The molecule has 0 aliphatic heterocycles. The molecule has 0 aromatic heterocycles. The molecule has 0 fully saturated rings. The fraction of sp³-hybridized carbons (Fsp3) is 0.100. The summed E-state index contributed by atoms with van der Waals surface area (Å²) in [6, 6.07) is 0. The molecule has 7 heteroatoms. The fourth-order valence-electron chi connectivity index (χ4n) is 0.979. The molecule has 0 aliphatic carbocycles. The summed E-state index contributed by atoms with van der Waals surface area (Å²) < 4.78 is 7.84. The highest BCUT2D eigenvalue weighted by atomic mass is 79.9. The van der Waals surface area contributed by atoms with E-state index in [0.29, 0.717) is 14.0 Å². The minimum absolute atomic E-state index is 0.111. The molecule has 0 heterocycles. The first-order valence-corrected chi connectivity index (χ1v) is 7.74. The molecular formula is C10H5Br4ClO2. The van der Waals surface area contributed by atoms with Gasteiger partial charge in [-0.2, -0.15) is 0 Å². The van der Waals surface area contributed by atoms with E-state index in [1.807, 2.05) is 0 Å². The highest BCUT2D eigenvalue weighted by molar-refractivity contribution is 9.14. The summed E-state index contributed by atoms with van der Waals surface area (Å²) in [4.78, 5) is 11.0. The molecule has 1 aromatic carbocycles. The van der Waals surface area contributed by atoms with Crippen molar-refractivity contribution in [1.29, 1.82) is 0 Å². The molecule has 92 valence electrons. The minimum atomic E-state index is -0.481. The topological polar surface area (TPSA) is 26.3 Å². The molecule has 0 atom stereocenters. The molecule has 0 aliphatic rings. The number of carbonyl (C=O) groups excluding carboxylic acids is 1. The van der Waals surface area contributed by atoms with Crippen LogP contribution in [0, 0.1) is 0 Å². The number of ether oxygens (including phenoxy) is 1. The monoisotopic (exact) mass is 508 g/mol. The summed E-state index contributed by atoms with van der Waals surface area (Å²) in [6.07, 6.45) is 1.11. The van der Waals surface area contributed by atoms with E-state index >= 15 is 0 Å². The molecule has 2 nitrogen and oxygen atoms in total. The Bertz CT molecular complexity index is 459. The van der Waals surface area contributed by atoms with Gasteiger partial charge in [0.15, 0.2) is 0 Å². The van der Waals surface area contributed by atoms with Crippen LogP contribution in [-0.4, -0.2) is 5.97 Å². The Kier molecular flexibility index (Phi) is 6.19. The molecule has 1 aromatic rings. The van der Waals surface area contributed by atoms with Gasteiger partial charge in [-0.15, -0.1) is 0 Å². The predicted octanol–water partition coefficient (Wildman–Crippen LogP) is 5.62. The Morgan fingerprint density at radius 2 is 1.65 bits per heavy atom. The highest BCUT2D eigenvalue weighted by Gasteiger charge is 2.18. The first-order chi connectivity index (χ1) is 7.90. The van der Waals surface area contributed by atoms with Gasteiger partial charge in [-0.05, 0) is 63.7 Å². The number of hydrogen-bond acceptors (Lipinski definition) is 2. The predicted molar refractivity (Wildman–Crippen MR) is 82.2 cm³/mol. The molecule has 1 rings (SSSR count). The van der Waals surface area contributed by atoms with Crippen LogP contribution >= 0.6 is 75.3 Å². The van der Waals surface area contributed by atoms with E-state index in [9.17, 15) is 4.79 Å². The number of benzene rings is 1. The molecule has 0 unspecified atom stereocenters. The van der Waals surface area contributed by atoms with E-state index in [-0.39, 0.29) is 6.61 Å². The maximum absolute atomic E-state index is 11.0. The molecule has 0 N–H and O–H groups in total. The number of hydrogen-bond donors (Lipinski definition) is 0. The Morgan fingerprint density at radius 1 is 1.18 bits per heavy atom. The zero-order valence-electron chi connectivity index (χ0n) is 8.20. The van der Waals surface area contributed by atoms with E-state index in [1.54, 1.807) is 0 Å². The van der Waals surface area contributed by atoms with Crippen molar-refractivity contribution in [2.45, 2.75) is 6.61 Å². The van der Waals surface area contributed by atoms with Crippen molar-refractivity contribution >= 4 is 81.3 Å². The lowest BCUT2D eigenvalue weighted by Crippen LogP contribution is -2.02. The van der Waals surface area contributed by atoms with Crippen LogP contribution in [0.5, 0.6) is 0 Å². The van der Waals surface area contributed by atoms with E-state index in [4.69, 9.17) is 16.3 Å². The number of halogens is 5. The van der Waals surface area contributed by atoms with Gasteiger partial charge in [0.05, 0.1) is 14.0 Å². The van der Waals surface area contributed by atoms with Gasteiger partial charge in [-0.25, -0.2) is 4.79 Å². The fourth-order valence-corrected chi connectivity index (χ4v) is 3.83. The van der Waals surface area contributed by atoms with Gasteiger partial charge < -0.3 is 4.74 Å². The smallest absolute Gasteiger partial charge is 0.330 e. The van der Waals surface area contributed by atoms with Crippen molar-refractivity contribution in [3.63, 3.8) is 0 Å². The van der Waals surface area contributed by atoms with Gasteiger partial charge in [0.2, 0.25) is 0 Å². The third-order valence-corrected chi connectivity index (χ3v) is 7.06. The first-order valence-electron chi connectivity index (χ1n) is 4.19. The van der Waals surface area contributed by atoms with Crippen LogP contribution < -0.4 is 0 Å². The van der Waals surface area contributed by atoms with Crippen molar-refractivity contribution in [1.82, 2.24) is 0 Å². The van der Waals surface area contributed by atoms with Gasteiger partial charge in [0.1, 0.15) is 6.61 Å². The molecule has 0 saturated carbocycles. The lowest BCUT2D eigenvalue weighted by molar-refractivity contribution is -0.139. The molecular weight excluding hydrogens is 507 g/mol. The standard InChI is InChI=1S/C10H5Br4ClO2/c1-2-5(16)17-3-4-6(11)8(13)10(15)9(14)7(4)12/h2H,1,3H2. The molecule has 0 bridgehead atoms. The summed E-state index contributed by atoms with van der Waals surface area (Å²) in [5.74, 6) is -0.481. The van der Waals surface area contributed by atoms with Crippen LogP contribution in [-0.2, 0) is 16.1 Å². The van der Waals surface area contributed by atoms with E-state index < -0.39 is 5.97 Å². The number of rotatable bonds is 3. The number of esters is 1. The molecule has 0 spiro atoms. The van der Waals surface area contributed by atoms with E-state index in [2.05, 4.69) is 70.3 Å². The Morgan fingerprint density at radius 3 is 2.06 bits per heavy atom. The second-order valence-electron chi connectivity index (χ2n) is 2.86. The van der Waals surface area contributed by atoms with Crippen molar-refractivity contribution in [3.05, 3.63) is 41.1 Å². The third-order valence-electron chi connectivity index (χ3n) is 1.83. The third kappa shape index (κ3) is 3.56. The van der Waals surface area contributed by atoms with Gasteiger partial charge in [-0.1, -0.05) is 18.2 Å². The summed E-state index contributed by atoms with van der Waals surface area (Å²) in [6.45, 7) is 3.44. The maximum Gasteiger partial charge on any atom is 0.330 e. The van der Waals surface area contributed by atoms with Crippen LogP contribution in [0.4, 0.5) is 0 Å². The Hall–Kier alpha value is 0.640. The summed E-state index contributed by atoms with van der Waals surface area (Å²) in [7, 11) is 0. The van der Waals surface area contributed by atoms with Crippen LogP contribution in [0.2, 0.25) is 5.02 Å². The van der Waals surface area contributed by atoms with Gasteiger partial charge in [0, 0.05) is 20.6 Å². The van der Waals surface area contributed by atoms with Gasteiger partial charge in [0.25, 0.3) is 0 Å². The van der Waals surface area contributed by atoms with Crippen LogP contribution in [0.15, 0.2) is 30.5 Å². The largest absolute Gasteiger partial charge is 0.458 e. The lowest BCUT2D eigenvalue weighted by Gasteiger charge is -2.13. The summed E-state index contributed by atoms with van der Waals surface area (Å²) >= 11 is 19.5. The second kappa shape index (κ2) is 6.70. The van der Waals surface area contributed by atoms with Crippen molar-refractivity contribution in [3.8, 4) is 0 Å². The van der Waals surface area contributed by atoms with Crippen LogP contribution in [0.3, 0.4) is 0 Å². The molecule has 0 saturated heterocycles. The first kappa shape index (κ1) is 15.7. The number of carbonyl (C=O) groups is 1. The van der Waals surface area contributed by atoms with Crippen LogP contribution in [0.25, 0.3) is 0 Å². The maximum atomic E-state index is 11.0. The average Bonchev–Trinajstić information content (AvgIpc) is 2.33. The summed E-state index contributed by atoms with van der Waals surface area (Å²) in [5.41, 5.74) is 0.767. The molecule has 17 heavy (non-hydrogen) atoms. The Labute approximate surface area is 137 Å². The highest BCUT2D eigenvalue weighted by Crippen LogP contribution is 2.44. The zero-order chi connectivity index (χ0) is 13.2. The average molecular weight is 512 g/mol. The second-order valence-corrected chi connectivity index (χ2v) is 6.41. The quantitative estimate of drug-likeness (QED) is 0.228. The molecule has 0 amide bonds. The van der Waals surface area contributed by atoms with Crippen LogP contribution in [0.1, 0.15) is 5.56 Å². The summed E-state index contributed by atoms with van der Waals surface area (Å²) in [5, 5.41) is 0.530.